The van der Waals surface area contributed by atoms with Crippen LogP contribution >= 0.6 is 0 Å². The van der Waals surface area contributed by atoms with Crippen LogP contribution in [0.15, 0.2) is 30.3 Å². The van der Waals surface area contributed by atoms with Crippen molar-refractivity contribution in [1.29, 1.82) is 0 Å². The number of hydrogen-bond acceptors (Lipinski definition) is 2. The maximum Gasteiger partial charge on any atom is 0.407 e. The zero-order valence-electron chi connectivity index (χ0n) is 11.6. The summed E-state index contributed by atoms with van der Waals surface area (Å²) in [4.78, 5) is 12.9. The van der Waals surface area contributed by atoms with E-state index in [1.54, 1.807) is 0 Å². The molecule has 0 aliphatic heterocycles. The summed E-state index contributed by atoms with van der Waals surface area (Å²) < 4.78 is 5.12. The van der Waals surface area contributed by atoms with E-state index in [2.05, 4.69) is 19.2 Å². The van der Waals surface area contributed by atoms with Crippen LogP contribution in [-0.2, 0) is 11.3 Å². The quantitative estimate of drug-likeness (QED) is 0.600. The van der Waals surface area contributed by atoms with Gasteiger partial charge < -0.3 is 27.4 Å². The van der Waals surface area contributed by atoms with Crippen molar-refractivity contribution in [3.05, 3.63) is 35.9 Å². The number of amides is 1. The van der Waals surface area contributed by atoms with E-state index in [1.165, 1.54) is 4.90 Å². The molecule has 1 aromatic carbocycles. The largest absolute Gasteiger partial charge is 1.00 e. The Hall–Kier alpha value is -1.26. The van der Waals surface area contributed by atoms with E-state index in [1.807, 2.05) is 30.3 Å². The van der Waals surface area contributed by atoms with Crippen molar-refractivity contribution in [3.63, 3.8) is 0 Å². The minimum atomic E-state index is -0.342. The number of quaternary nitrogens is 1. The van der Waals surface area contributed by atoms with E-state index < -0.39 is 0 Å². The van der Waals surface area contributed by atoms with E-state index in [4.69, 9.17) is 4.74 Å². The SMILES string of the molecule is CC[NH+](CC)CCNC(=O)OCc1ccccc1.[Cl-]. The molecule has 0 heterocycles. The summed E-state index contributed by atoms with van der Waals surface area (Å²) in [6.45, 7) is 8.37. The van der Waals surface area contributed by atoms with Crippen LogP contribution in [0.25, 0.3) is 0 Å². The van der Waals surface area contributed by atoms with Crippen molar-refractivity contribution in [2.75, 3.05) is 26.2 Å². The molecule has 0 aliphatic carbocycles. The maximum absolute atomic E-state index is 11.4. The second kappa shape index (κ2) is 10.6. The molecule has 4 nitrogen and oxygen atoms in total. The predicted octanol–water partition coefficient (Wildman–Crippen LogP) is -2.16. The van der Waals surface area contributed by atoms with Crippen LogP contribution in [0, 0.1) is 0 Å². The Labute approximate surface area is 121 Å². The zero-order chi connectivity index (χ0) is 13.2. The van der Waals surface area contributed by atoms with Crippen LogP contribution in [0.5, 0.6) is 0 Å². The molecule has 19 heavy (non-hydrogen) atoms. The topological polar surface area (TPSA) is 42.8 Å². The van der Waals surface area contributed by atoms with Gasteiger partial charge in [-0.1, -0.05) is 30.3 Å². The Morgan fingerprint density at radius 3 is 2.42 bits per heavy atom. The predicted molar refractivity (Wildman–Crippen MR) is 71.5 cm³/mol. The molecule has 108 valence electrons. The Kier molecular flexibility index (Phi) is 9.94. The first-order chi connectivity index (χ1) is 8.76. The first-order valence-corrected chi connectivity index (χ1v) is 6.54. The lowest BCUT2D eigenvalue weighted by molar-refractivity contribution is -0.895. The third-order valence-corrected chi connectivity index (χ3v) is 2.96. The molecule has 0 aliphatic rings. The Balaban J connectivity index is 0.00000324. The molecule has 0 saturated carbocycles. The van der Waals surface area contributed by atoms with Gasteiger partial charge in [0.1, 0.15) is 6.61 Å². The number of halogens is 1. The molecule has 0 bridgehead atoms. The van der Waals surface area contributed by atoms with Gasteiger partial charge in [0.2, 0.25) is 0 Å². The lowest BCUT2D eigenvalue weighted by atomic mass is 10.2. The molecule has 0 unspecified atom stereocenters. The number of nitrogens with one attached hydrogen (secondary N) is 2. The summed E-state index contributed by atoms with van der Waals surface area (Å²) in [5, 5.41) is 2.77. The van der Waals surface area contributed by atoms with Gasteiger partial charge in [-0.3, -0.25) is 0 Å². The Morgan fingerprint density at radius 2 is 1.84 bits per heavy atom. The molecular formula is C14H23ClN2O2. The normalized spacial score (nSPS) is 9.84. The van der Waals surface area contributed by atoms with Crippen molar-refractivity contribution in [3.8, 4) is 0 Å². The zero-order valence-corrected chi connectivity index (χ0v) is 12.4. The van der Waals surface area contributed by atoms with Crippen LogP contribution in [-0.4, -0.2) is 32.3 Å². The number of benzene rings is 1. The van der Waals surface area contributed by atoms with Crippen LogP contribution in [0.2, 0.25) is 0 Å². The minimum Gasteiger partial charge on any atom is -1.00 e. The Bertz CT molecular complexity index is 343. The monoisotopic (exact) mass is 286 g/mol. The van der Waals surface area contributed by atoms with Crippen molar-refractivity contribution < 1.29 is 26.8 Å². The third kappa shape index (κ3) is 7.70. The van der Waals surface area contributed by atoms with E-state index in [9.17, 15) is 4.79 Å². The molecule has 1 amide bonds. The van der Waals surface area contributed by atoms with Crippen LogP contribution in [0.4, 0.5) is 4.79 Å². The second-order valence-corrected chi connectivity index (χ2v) is 4.20. The highest BCUT2D eigenvalue weighted by Gasteiger charge is 2.05. The number of carbonyl (C=O) groups is 1. The lowest BCUT2D eigenvalue weighted by Crippen LogP contribution is -3.12. The van der Waals surface area contributed by atoms with Crippen LogP contribution in [0.3, 0.4) is 0 Å². The highest BCUT2D eigenvalue weighted by molar-refractivity contribution is 5.67. The number of hydrogen-bond donors (Lipinski definition) is 2. The molecule has 5 heteroatoms. The minimum absolute atomic E-state index is 0. The fourth-order valence-corrected chi connectivity index (χ4v) is 1.72. The van der Waals surface area contributed by atoms with Gasteiger partial charge in [-0.05, 0) is 19.4 Å². The summed E-state index contributed by atoms with van der Waals surface area (Å²) in [6, 6.07) is 9.68. The molecule has 0 radical (unpaired) electrons. The molecule has 0 atom stereocenters. The third-order valence-electron chi connectivity index (χ3n) is 2.96. The molecular weight excluding hydrogens is 264 g/mol. The van der Waals surface area contributed by atoms with Crippen LogP contribution in [0.1, 0.15) is 19.4 Å². The molecule has 1 rings (SSSR count). The van der Waals surface area contributed by atoms with E-state index in [0.29, 0.717) is 13.2 Å². The summed E-state index contributed by atoms with van der Waals surface area (Å²) in [5.74, 6) is 0. The smallest absolute Gasteiger partial charge is 0.407 e. The fraction of sp³-hybridized carbons (Fsp3) is 0.500. The average Bonchev–Trinajstić information content (AvgIpc) is 2.42. The number of likely N-dealkylation sites (N-methyl/N-ethyl adjacent to an activating group) is 1. The first-order valence-electron chi connectivity index (χ1n) is 6.54. The van der Waals surface area contributed by atoms with Gasteiger partial charge in [0.25, 0.3) is 0 Å². The summed E-state index contributed by atoms with van der Waals surface area (Å²) >= 11 is 0. The van der Waals surface area contributed by atoms with Gasteiger partial charge in [0, 0.05) is 0 Å². The van der Waals surface area contributed by atoms with E-state index >= 15 is 0 Å². The average molecular weight is 287 g/mol. The van der Waals surface area contributed by atoms with Gasteiger partial charge in [-0.2, -0.15) is 0 Å². The van der Waals surface area contributed by atoms with Crippen molar-refractivity contribution in [2.45, 2.75) is 20.5 Å². The molecule has 0 aromatic heterocycles. The van der Waals surface area contributed by atoms with Crippen molar-refractivity contribution >= 4 is 6.09 Å². The molecule has 2 N–H and O–H groups in total. The molecule has 0 fully saturated rings. The number of carbonyl (C=O) groups excluding carboxylic acids is 1. The summed E-state index contributed by atoms with van der Waals surface area (Å²) in [7, 11) is 0. The van der Waals surface area contributed by atoms with Crippen LogP contribution < -0.4 is 22.6 Å². The first kappa shape index (κ1) is 17.7. The summed E-state index contributed by atoms with van der Waals surface area (Å²) in [5.41, 5.74) is 1.00. The molecule has 0 spiro atoms. The van der Waals surface area contributed by atoms with Crippen molar-refractivity contribution in [2.24, 2.45) is 0 Å². The number of rotatable bonds is 7. The van der Waals surface area contributed by atoms with Gasteiger partial charge in [-0.25, -0.2) is 4.79 Å². The standard InChI is InChI=1S/C14H22N2O2.ClH/c1-3-16(4-2)11-10-15-14(17)18-12-13-8-6-5-7-9-13;/h5-9H,3-4,10-12H2,1-2H3,(H,15,17);1H. The maximum atomic E-state index is 11.4. The molecule has 1 aromatic rings. The highest BCUT2D eigenvalue weighted by atomic mass is 35.5. The second-order valence-electron chi connectivity index (χ2n) is 4.20. The van der Waals surface area contributed by atoms with E-state index in [-0.39, 0.29) is 18.5 Å². The lowest BCUT2D eigenvalue weighted by Gasteiger charge is -2.15. The molecule has 0 saturated heterocycles. The van der Waals surface area contributed by atoms with E-state index in [0.717, 1.165) is 25.2 Å². The van der Waals surface area contributed by atoms with Gasteiger partial charge in [0.15, 0.2) is 0 Å². The van der Waals surface area contributed by atoms with Crippen molar-refractivity contribution in [1.82, 2.24) is 5.32 Å². The van der Waals surface area contributed by atoms with Gasteiger partial charge >= 0.3 is 6.09 Å². The van der Waals surface area contributed by atoms with Gasteiger partial charge in [-0.15, -0.1) is 0 Å². The fourth-order valence-electron chi connectivity index (χ4n) is 1.72. The Morgan fingerprint density at radius 1 is 1.21 bits per heavy atom. The number of alkyl carbamates (subject to hydrolysis) is 1. The summed E-state index contributed by atoms with van der Waals surface area (Å²) in [6.07, 6.45) is -0.342. The highest BCUT2D eigenvalue weighted by Crippen LogP contribution is 2.00. The number of ether oxygens (including phenoxy) is 1. The van der Waals surface area contributed by atoms with Gasteiger partial charge in [0.05, 0.1) is 26.2 Å².